The van der Waals surface area contributed by atoms with Gasteiger partial charge < -0.3 is 0 Å². The Kier molecular flexibility index (Phi) is 3.01. The minimum atomic E-state index is -0.448. The van der Waals surface area contributed by atoms with Crippen LogP contribution in [-0.2, 0) is 11.2 Å². The molecular formula is C18H14N2O3. The molecule has 2 aromatic carbocycles. The Hall–Kier alpha value is -2.95. The highest BCUT2D eigenvalue weighted by Crippen LogP contribution is 2.32. The van der Waals surface area contributed by atoms with E-state index < -0.39 is 11.8 Å². The fraction of sp³-hybridized carbons (Fsp3) is 0.167. The minimum absolute atomic E-state index is 0.232. The van der Waals surface area contributed by atoms with E-state index in [1.54, 1.807) is 30.3 Å². The third-order valence-corrected chi connectivity index (χ3v) is 4.27. The van der Waals surface area contributed by atoms with Gasteiger partial charge in [0.1, 0.15) is 0 Å². The molecule has 0 saturated heterocycles. The minimum Gasteiger partial charge on any atom is -0.273 e. The van der Waals surface area contributed by atoms with E-state index in [-0.39, 0.29) is 5.91 Å². The largest absolute Gasteiger partial charge is 0.281 e. The molecule has 5 heteroatoms. The van der Waals surface area contributed by atoms with Crippen LogP contribution in [-0.4, -0.2) is 22.7 Å². The molecule has 4 rings (SSSR count). The van der Waals surface area contributed by atoms with Gasteiger partial charge in [0.2, 0.25) is 5.91 Å². The molecule has 0 spiro atoms. The molecule has 114 valence electrons. The Labute approximate surface area is 133 Å². The second-order valence-corrected chi connectivity index (χ2v) is 5.66. The van der Waals surface area contributed by atoms with Crippen LogP contribution in [0.15, 0.2) is 48.5 Å². The quantitative estimate of drug-likeness (QED) is 0.761. The number of anilines is 1. The van der Waals surface area contributed by atoms with Crippen molar-refractivity contribution in [2.45, 2.75) is 19.3 Å². The fourth-order valence-electron chi connectivity index (χ4n) is 3.18. The molecular weight excluding hydrogens is 292 g/mol. The Bertz CT molecular complexity index is 809. The number of hydrogen-bond donors (Lipinski definition) is 0. The third-order valence-electron chi connectivity index (χ3n) is 4.27. The molecule has 0 radical (unpaired) electrons. The molecule has 2 aliphatic rings. The van der Waals surface area contributed by atoms with E-state index in [0.29, 0.717) is 29.7 Å². The summed E-state index contributed by atoms with van der Waals surface area (Å²) in [6.07, 6.45) is 1.76. The summed E-state index contributed by atoms with van der Waals surface area (Å²) in [6.45, 7) is 0. The Morgan fingerprint density at radius 3 is 2.00 bits per heavy atom. The lowest BCUT2D eigenvalue weighted by Crippen LogP contribution is -2.50. The van der Waals surface area contributed by atoms with Crippen LogP contribution >= 0.6 is 0 Å². The summed E-state index contributed by atoms with van der Waals surface area (Å²) in [5.41, 5.74) is 2.26. The number of carbonyl (C=O) groups excluding carboxylic acids is 3. The van der Waals surface area contributed by atoms with E-state index in [4.69, 9.17) is 0 Å². The Morgan fingerprint density at radius 2 is 1.30 bits per heavy atom. The number of fused-ring (bicyclic) bond motifs is 2. The van der Waals surface area contributed by atoms with E-state index in [2.05, 4.69) is 0 Å². The Morgan fingerprint density at radius 1 is 0.696 bits per heavy atom. The number of hydrazine groups is 1. The van der Waals surface area contributed by atoms with Crippen molar-refractivity contribution in [3.63, 3.8) is 0 Å². The van der Waals surface area contributed by atoms with Crippen LogP contribution in [0.2, 0.25) is 0 Å². The summed E-state index contributed by atoms with van der Waals surface area (Å²) in [5.74, 6) is -1.13. The first kappa shape index (κ1) is 13.7. The first-order valence-corrected chi connectivity index (χ1v) is 7.57. The van der Waals surface area contributed by atoms with Gasteiger partial charge in [-0.05, 0) is 36.6 Å². The van der Waals surface area contributed by atoms with E-state index in [1.807, 2.05) is 18.2 Å². The molecule has 23 heavy (non-hydrogen) atoms. The second-order valence-electron chi connectivity index (χ2n) is 5.66. The van der Waals surface area contributed by atoms with Gasteiger partial charge >= 0.3 is 0 Å². The van der Waals surface area contributed by atoms with Gasteiger partial charge in [-0.25, -0.2) is 5.01 Å². The molecule has 2 aliphatic heterocycles. The zero-order chi connectivity index (χ0) is 16.0. The predicted molar refractivity (Wildman–Crippen MR) is 83.8 cm³/mol. The fourth-order valence-corrected chi connectivity index (χ4v) is 3.18. The maximum atomic E-state index is 12.7. The molecule has 0 bridgehead atoms. The van der Waals surface area contributed by atoms with Crippen LogP contribution in [0, 0.1) is 0 Å². The number of para-hydroxylation sites is 1. The van der Waals surface area contributed by atoms with E-state index in [9.17, 15) is 14.4 Å². The highest BCUT2D eigenvalue weighted by Gasteiger charge is 2.42. The number of nitrogens with zero attached hydrogens (tertiary/aromatic N) is 2. The van der Waals surface area contributed by atoms with Crippen LogP contribution in [0.25, 0.3) is 0 Å². The SMILES string of the molecule is O=C1c2ccccc2C(=O)N1N1C(=O)CCCc2ccccc21. The van der Waals surface area contributed by atoms with Crippen molar-refractivity contribution in [1.82, 2.24) is 5.01 Å². The molecule has 3 amide bonds. The molecule has 2 heterocycles. The van der Waals surface area contributed by atoms with Crippen LogP contribution in [0.4, 0.5) is 5.69 Å². The summed E-state index contributed by atoms with van der Waals surface area (Å²) >= 11 is 0. The lowest BCUT2D eigenvalue weighted by Gasteiger charge is -2.30. The van der Waals surface area contributed by atoms with E-state index >= 15 is 0 Å². The van der Waals surface area contributed by atoms with Gasteiger partial charge in [-0.2, -0.15) is 5.01 Å². The number of rotatable bonds is 1. The first-order valence-electron chi connectivity index (χ1n) is 7.57. The number of carbonyl (C=O) groups is 3. The summed E-state index contributed by atoms with van der Waals surface area (Å²) in [6, 6.07) is 14.1. The third kappa shape index (κ3) is 1.97. The van der Waals surface area contributed by atoms with Gasteiger partial charge in [-0.15, -0.1) is 0 Å². The standard InChI is InChI=1S/C18H14N2O3/c21-16-11-5-7-12-6-1-4-10-15(12)19(16)20-17(22)13-8-2-3-9-14(13)18(20)23/h1-4,6,8-10H,5,7,11H2. The topological polar surface area (TPSA) is 57.7 Å². The highest BCUT2D eigenvalue weighted by atomic mass is 16.2. The summed E-state index contributed by atoms with van der Waals surface area (Å²) in [5, 5.41) is 2.24. The van der Waals surface area contributed by atoms with Crippen LogP contribution in [0.1, 0.15) is 39.1 Å². The summed E-state index contributed by atoms with van der Waals surface area (Å²) in [7, 11) is 0. The normalized spacial score (nSPS) is 17.1. The highest BCUT2D eigenvalue weighted by molar-refractivity contribution is 6.24. The van der Waals surface area contributed by atoms with Crippen LogP contribution in [0.5, 0.6) is 0 Å². The molecule has 0 saturated carbocycles. The van der Waals surface area contributed by atoms with Crippen molar-refractivity contribution in [2.75, 3.05) is 5.01 Å². The van der Waals surface area contributed by atoms with E-state index in [0.717, 1.165) is 17.0 Å². The average molecular weight is 306 g/mol. The van der Waals surface area contributed by atoms with Crippen molar-refractivity contribution in [2.24, 2.45) is 0 Å². The van der Waals surface area contributed by atoms with Crippen molar-refractivity contribution in [1.29, 1.82) is 0 Å². The van der Waals surface area contributed by atoms with Gasteiger partial charge in [0.05, 0.1) is 16.8 Å². The second kappa shape index (κ2) is 5.05. The van der Waals surface area contributed by atoms with Gasteiger partial charge in [0, 0.05) is 6.42 Å². The molecule has 0 atom stereocenters. The number of aryl methyl sites for hydroxylation is 1. The molecule has 0 unspecified atom stereocenters. The maximum Gasteiger partial charge on any atom is 0.281 e. The van der Waals surface area contributed by atoms with Gasteiger partial charge in [-0.1, -0.05) is 30.3 Å². The van der Waals surface area contributed by atoms with Gasteiger partial charge in [-0.3, -0.25) is 14.4 Å². The molecule has 0 N–H and O–H groups in total. The van der Waals surface area contributed by atoms with E-state index in [1.165, 1.54) is 5.01 Å². The van der Waals surface area contributed by atoms with Crippen molar-refractivity contribution in [3.05, 3.63) is 65.2 Å². The lowest BCUT2D eigenvalue weighted by atomic mass is 10.1. The van der Waals surface area contributed by atoms with Gasteiger partial charge in [0.15, 0.2) is 0 Å². The monoisotopic (exact) mass is 306 g/mol. The molecule has 0 aliphatic carbocycles. The van der Waals surface area contributed by atoms with Crippen molar-refractivity contribution >= 4 is 23.4 Å². The summed E-state index contributed by atoms with van der Waals surface area (Å²) in [4.78, 5) is 38.0. The van der Waals surface area contributed by atoms with Crippen LogP contribution < -0.4 is 5.01 Å². The first-order chi connectivity index (χ1) is 11.2. The molecule has 0 aromatic heterocycles. The number of benzene rings is 2. The zero-order valence-corrected chi connectivity index (χ0v) is 12.4. The smallest absolute Gasteiger partial charge is 0.273 e. The lowest BCUT2D eigenvalue weighted by molar-refractivity contribution is -0.120. The maximum absolute atomic E-state index is 12.7. The van der Waals surface area contributed by atoms with Gasteiger partial charge in [0.25, 0.3) is 11.8 Å². The number of amides is 3. The Balaban J connectivity index is 1.86. The predicted octanol–water partition coefficient (Wildman–Crippen LogP) is 2.57. The summed E-state index contributed by atoms with van der Waals surface area (Å²) < 4.78 is 0. The number of hydrogen-bond acceptors (Lipinski definition) is 3. The number of imide groups is 1. The molecule has 5 nitrogen and oxygen atoms in total. The van der Waals surface area contributed by atoms with Crippen molar-refractivity contribution < 1.29 is 14.4 Å². The molecule has 2 aromatic rings. The average Bonchev–Trinajstić information content (AvgIpc) is 2.72. The van der Waals surface area contributed by atoms with Crippen molar-refractivity contribution in [3.8, 4) is 0 Å². The zero-order valence-electron chi connectivity index (χ0n) is 12.4. The molecule has 0 fully saturated rings. The van der Waals surface area contributed by atoms with Crippen LogP contribution in [0.3, 0.4) is 0 Å².